The van der Waals surface area contributed by atoms with Gasteiger partial charge in [0.05, 0.1) is 10.5 Å². The number of non-ortho nitro benzene ring substituents is 1. The lowest BCUT2D eigenvalue weighted by Gasteiger charge is -2.32. The highest BCUT2D eigenvalue weighted by atomic mass is 16.6. The Balaban J connectivity index is 1.93. The quantitative estimate of drug-likeness (QED) is 0.567. The maximum atomic E-state index is 10.7. The normalized spacial score (nSPS) is 17.9. The fourth-order valence-electron chi connectivity index (χ4n) is 2.64. The van der Waals surface area contributed by atoms with Crippen LogP contribution in [0.4, 0.5) is 5.69 Å². The Morgan fingerprint density at radius 1 is 1.30 bits per heavy atom. The highest BCUT2D eigenvalue weighted by molar-refractivity contribution is 5.42. The molecule has 1 aromatic carbocycles. The number of nitrogens with zero attached hydrogens (tertiary/aromatic N) is 1. The van der Waals surface area contributed by atoms with Gasteiger partial charge in [-0.25, -0.2) is 0 Å². The number of nitrogens with one attached hydrogen (secondary N) is 1. The highest BCUT2D eigenvalue weighted by Crippen LogP contribution is 2.28. The lowest BCUT2D eigenvalue weighted by molar-refractivity contribution is -0.384. The van der Waals surface area contributed by atoms with Crippen LogP contribution in [0.25, 0.3) is 0 Å². The number of hydrogen-bond donors (Lipinski definition) is 3. The average molecular weight is 280 g/mol. The Morgan fingerprint density at radius 3 is 2.65 bits per heavy atom. The SMILES string of the molecule is O=[N+]([O-])c1ccc(O)c(CNCC2(O)CCCCC2)c1. The molecular weight excluding hydrogens is 260 g/mol. The molecule has 2 rings (SSSR count). The first-order valence-corrected chi connectivity index (χ1v) is 6.90. The van der Waals surface area contributed by atoms with Gasteiger partial charge in [0.2, 0.25) is 0 Å². The smallest absolute Gasteiger partial charge is 0.270 e. The zero-order valence-electron chi connectivity index (χ0n) is 11.3. The molecule has 0 bridgehead atoms. The summed E-state index contributed by atoms with van der Waals surface area (Å²) in [4.78, 5) is 10.2. The first kappa shape index (κ1) is 14.7. The summed E-state index contributed by atoms with van der Waals surface area (Å²) in [6.45, 7) is 0.741. The zero-order valence-corrected chi connectivity index (χ0v) is 11.3. The molecule has 0 saturated heterocycles. The molecule has 0 heterocycles. The maximum Gasteiger partial charge on any atom is 0.270 e. The molecule has 0 unspecified atom stereocenters. The van der Waals surface area contributed by atoms with Crippen LogP contribution in [-0.4, -0.2) is 27.3 Å². The lowest BCUT2D eigenvalue weighted by Crippen LogP contribution is -2.41. The average Bonchev–Trinajstić information content (AvgIpc) is 2.41. The number of rotatable bonds is 5. The number of nitro benzene ring substituents is 1. The summed E-state index contributed by atoms with van der Waals surface area (Å²) < 4.78 is 0. The topological polar surface area (TPSA) is 95.6 Å². The Labute approximate surface area is 117 Å². The zero-order chi connectivity index (χ0) is 14.6. The van der Waals surface area contributed by atoms with E-state index in [2.05, 4.69) is 5.32 Å². The monoisotopic (exact) mass is 280 g/mol. The van der Waals surface area contributed by atoms with Crippen LogP contribution in [0.2, 0.25) is 0 Å². The van der Waals surface area contributed by atoms with Gasteiger partial charge >= 0.3 is 0 Å². The van der Waals surface area contributed by atoms with Crippen molar-refractivity contribution in [2.75, 3.05) is 6.54 Å². The van der Waals surface area contributed by atoms with Crippen molar-refractivity contribution in [3.63, 3.8) is 0 Å². The summed E-state index contributed by atoms with van der Waals surface area (Å²) in [5, 5.41) is 33.8. The molecule has 1 saturated carbocycles. The Hall–Kier alpha value is -1.66. The van der Waals surface area contributed by atoms with Crippen molar-refractivity contribution in [3.8, 4) is 5.75 Å². The van der Waals surface area contributed by atoms with Crippen LogP contribution in [0, 0.1) is 10.1 Å². The number of aromatic hydroxyl groups is 1. The van der Waals surface area contributed by atoms with Gasteiger partial charge in [0.15, 0.2) is 0 Å². The third kappa shape index (κ3) is 3.68. The van der Waals surface area contributed by atoms with E-state index in [0.717, 1.165) is 32.1 Å². The molecule has 3 N–H and O–H groups in total. The minimum Gasteiger partial charge on any atom is -0.508 e. The van der Waals surface area contributed by atoms with Crippen LogP contribution in [0.3, 0.4) is 0 Å². The number of phenolic OH excluding ortho intramolecular Hbond substituents is 1. The molecule has 20 heavy (non-hydrogen) atoms. The van der Waals surface area contributed by atoms with Crippen molar-refractivity contribution >= 4 is 5.69 Å². The van der Waals surface area contributed by atoms with Gasteiger partial charge in [0.1, 0.15) is 5.75 Å². The van der Waals surface area contributed by atoms with E-state index in [1.807, 2.05) is 0 Å². The second-order valence-electron chi connectivity index (χ2n) is 5.46. The van der Waals surface area contributed by atoms with Gasteiger partial charge in [-0.3, -0.25) is 10.1 Å². The first-order valence-electron chi connectivity index (χ1n) is 6.90. The minimum atomic E-state index is -0.686. The van der Waals surface area contributed by atoms with Crippen LogP contribution in [0.5, 0.6) is 5.75 Å². The van der Waals surface area contributed by atoms with Crippen LogP contribution in [-0.2, 0) is 6.54 Å². The Morgan fingerprint density at radius 2 is 2.00 bits per heavy atom. The molecule has 0 radical (unpaired) electrons. The second-order valence-corrected chi connectivity index (χ2v) is 5.46. The summed E-state index contributed by atoms with van der Waals surface area (Å²) >= 11 is 0. The fraction of sp³-hybridized carbons (Fsp3) is 0.571. The van der Waals surface area contributed by atoms with E-state index < -0.39 is 10.5 Å². The molecule has 110 valence electrons. The van der Waals surface area contributed by atoms with E-state index in [-0.39, 0.29) is 11.4 Å². The fourth-order valence-corrected chi connectivity index (χ4v) is 2.64. The molecule has 6 nitrogen and oxygen atoms in total. The van der Waals surface area contributed by atoms with Crippen molar-refractivity contribution in [1.82, 2.24) is 5.32 Å². The van der Waals surface area contributed by atoms with Crippen molar-refractivity contribution in [1.29, 1.82) is 0 Å². The van der Waals surface area contributed by atoms with Crippen LogP contribution >= 0.6 is 0 Å². The van der Waals surface area contributed by atoms with Crippen molar-refractivity contribution < 1.29 is 15.1 Å². The summed E-state index contributed by atoms with van der Waals surface area (Å²) in [5.41, 5.74) is -0.260. The molecule has 0 spiro atoms. The van der Waals surface area contributed by atoms with Gasteiger partial charge in [0, 0.05) is 30.8 Å². The summed E-state index contributed by atoms with van der Waals surface area (Å²) in [5.74, 6) is 0.0266. The van der Waals surface area contributed by atoms with Gasteiger partial charge in [-0.2, -0.15) is 0 Å². The molecule has 0 atom stereocenters. The summed E-state index contributed by atoms with van der Waals surface area (Å²) in [6, 6.07) is 3.95. The number of hydrogen-bond acceptors (Lipinski definition) is 5. The third-order valence-corrected chi connectivity index (χ3v) is 3.83. The van der Waals surface area contributed by atoms with Gasteiger partial charge in [-0.1, -0.05) is 19.3 Å². The van der Waals surface area contributed by atoms with E-state index >= 15 is 0 Å². The van der Waals surface area contributed by atoms with Crippen molar-refractivity contribution in [2.45, 2.75) is 44.2 Å². The maximum absolute atomic E-state index is 10.7. The molecule has 0 aliphatic heterocycles. The molecular formula is C14H20N2O4. The van der Waals surface area contributed by atoms with Gasteiger partial charge in [0.25, 0.3) is 5.69 Å². The standard InChI is InChI=1S/C14H20N2O4/c17-13-5-4-12(16(19)20)8-11(13)9-15-10-14(18)6-2-1-3-7-14/h4-5,8,15,17-18H,1-3,6-7,9-10H2. The molecule has 0 amide bonds. The molecule has 0 aromatic heterocycles. The number of phenols is 1. The molecule has 1 aliphatic rings. The number of aliphatic hydroxyl groups is 1. The van der Waals surface area contributed by atoms with Crippen LogP contribution in [0.15, 0.2) is 18.2 Å². The summed E-state index contributed by atoms with van der Waals surface area (Å²) in [6.07, 6.45) is 4.77. The van der Waals surface area contributed by atoms with Crippen molar-refractivity contribution in [2.24, 2.45) is 0 Å². The van der Waals surface area contributed by atoms with E-state index in [4.69, 9.17) is 0 Å². The number of nitro groups is 1. The lowest BCUT2D eigenvalue weighted by atomic mass is 9.85. The Kier molecular flexibility index (Phi) is 4.57. The van der Waals surface area contributed by atoms with Gasteiger partial charge in [-0.15, -0.1) is 0 Å². The van der Waals surface area contributed by atoms with Crippen LogP contribution < -0.4 is 5.32 Å². The van der Waals surface area contributed by atoms with Gasteiger partial charge in [-0.05, 0) is 18.9 Å². The Bertz CT molecular complexity index is 484. The predicted octanol–water partition coefficient (Wildman–Crippen LogP) is 2.09. The van der Waals surface area contributed by atoms with E-state index in [9.17, 15) is 20.3 Å². The minimum absolute atomic E-state index is 0.0266. The predicted molar refractivity (Wildman–Crippen MR) is 74.5 cm³/mol. The van der Waals surface area contributed by atoms with E-state index in [1.165, 1.54) is 18.2 Å². The largest absolute Gasteiger partial charge is 0.508 e. The molecule has 6 heteroatoms. The first-order chi connectivity index (χ1) is 9.50. The van der Waals surface area contributed by atoms with Crippen LogP contribution in [0.1, 0.15) is 37.7 Å². The summed E-state index contributed by atoms with van der Waals surface area (Å²) in [7, 11) is 0. The van der Waals surface area contributed by atoms with Crippen molar-refractivity contribution in [3.05, 3.63) is 33.9 Å². The highest BCUT2D eigenvalue weighted by Gasteiger charge is 2.28. The van der Waals surface area contributed by atoms with Gasteiger partial charge < -0.3 is 15.5 Å². The molecule has 1 aromatic rings. The number of benzene rings is 1. The van der Waals surface area contributed by atoms with E-state index in [0.29, 0.717) is 18.7 Å². The molecule has 1 fully saturated rings. The second kappa shape index (κ2) is 6.19. The third-order valence-electron chi connectivity index (χ3n) is 3.83. The van der Waals surface area contributed by atoms with E-state index in [1.54, 1.807) is 0 Å². The molecule has 1 aliphatic carbocycles.